The van der Waals surface area contributed by atoms with Crippen molar-refractivity contribution in [1.29, 1.82) is 0 Å². The van der Waals surface area contributed by atoms with Gasteiger partial charge in [0.1, 0.15) is 11.2 Å². The molecule has 15 heteroatoms. The average molecular weight is 547 g/mol. The van der Waals surface area contributed by atoms with Crippen LogP contribution in [0.15, 0.2) is 47.9 Å². The second-order valence-electron chi connectivity index (χ2n) is 8.00. The first kappa shape index (κ1) is 27.0. The van der Waals surface area contributed by atoms with E-state index >= 15 is 0 Å². The van der Waals surface area contributed by atoms with Crippen LogP contribution in [-0.2, 0) is 19.9 Å². The molecule has 1 aliphatic heterocycles. The van der Waals surface area contributed by atoms with Gasteiger partial charge in [0, 0.05) is 42.9 Å². The van der Waals surface area contributed by atoms with E-state index in [1.165, 1.54) is 6.92 Å². The minimum Gasteiger partial charge on any atom is -0.381 e. The average Bonchev–Trinajstić information content (AvgIpc) is 2.79. The molecule has 0 aliphatic carbocycles. The summed E-state index contributed by atoms with van der Waals surface area (Å²) in [6, 6.07) is 0.792. The minimum atomic E-state index is -10.0. The first-order valence-electron chi connectivity index (χ1n) is 10.1. The number of carbonyl (C=O) groups is 2. The van der Waals surface area contributed by atoms with Crippen molar-refractivity contribution in [2.75, 3.05) is 18.1 Å². The van der Waals surface area contributed by atoms with Crippen molar-refractivity contribution >= 4 is 39.3 Å². The maximum atomic E-state index is 14.1. The minimum absolute atomic E-state index is 0.0352. The fraction of sp³-hybridized carbons (Fsp3) is 0.400. The smallest absolute Gasteiger partial charge is 0.310 e. The number of anilines is 1. The van der Waals surface area contributed by atoms with Crippen molar-refractivity contribution in [3.63, 3.8) is 0 Å². The number of carbonyl (C=O) groups excluding carboxylic acids is 2. The van der Waals surface area contributed by atoms with E-state index in [9.17, 15) is 33.4 Å². The number of nitrogens with zero attached hydrogens (tertiary/aromatic N) is 3. The van der Waals surface area contributed by atoms with Gasteiger partial charge in [0.25, 0.3) is 17.4 Å². The van der Waals surface area contributed by atoms with Gasteiger partial charge >= 0.3 is 10.2 Å². The zero-order valence-electron chi connectivity index (χ0n) is 18.1. The van der Waals surface area contributed by atoms with Crippen LogP contribution in [-0.4, -0.2) is 46.7 Å². The fourth-order valence-electron chi connectivity index (χ4n) is 3.64. The molecule has 0 unspecified atom stereocenters. The summed E-state index contributed by atoms with van der Waals surface area (Å²) >= 11 is 5.38. The topological polar surface area (TPSA) is 84.4 Å². The molecule has 3 rings (SSSR count). The van der Waals surface area contributed by atoms with Gasteiger partial charge in [-0.05, 0) is 44.0 Å². The highest BCUT2D eigenvalue weighted by atomic mass is 35.5. The summed E-state index contributed by atoms with van der Waals surface area (Å²) in [5.74, 6) is -2.36. The molecule has 1 N–H and O–H groups in total. The highest BCUT2D eigenvalue weighted by Crippen LogP contribution is 3.02. The van der Waals surface area contributed by atoms with Crippen molar-refractivity contribution in [2.24, 2.45) is 0 Å². The number of halogens is 7. The van der Waals surface area contributed by atoms with E-state index in [4.69, 9.17) is 16.3 Å². The maximum absolute atomic E-state index is 14.1. The summed E-state index contributed by atoms with van der Waals surface area (Å²) in [5, 5.41) is 2.72. The summed E-state index contributed by atoms with van der Waals surface area (Å²) in [6.07, 6.45) is 4.29. The lowest BCUT2D eigenvalue weighted by Gasteiger charge is -2.42. The van der Waals surface area contributed by atoms with Gasteiger partial charge in [0.2, 0.25) is 0 Å². The maximum Gasteiger partial charge on any atom is 0.310 e. The lowest BCUT2D eigenvalue weighted by Crippen LogP contribution is -2.60. The number of amides is 2. The monoisotopic (exact) mass is 546 g/mol. The van der Waals surface area contributed by atoms with E-state index in [2.05, 4.69) is 15.3 Å². The number of hydrogen-bond donors (Lipinski definition) is 1. The Morgan fingerprint density at radius 2 is 1.66 bits per heavy atom. The van der Waals surface area contributed by atoms with Gasteiger partial charge in [0.15, 0.2) is 5.54 Å². The van der Waals surface area contributed by atoms with Crippen LogP contribution >= 0.6 is 21.8 Å². The summed E-state index contributed by atoms with van der Waals surface area (Å²) < 4.78 is 85.3. The van der Waals surface area contributed by atoms with Crippen molar-refractivity contribution in [3.05, 3.63) is 48.5 Å². The van der Waals surface area contributed by atoms with Crippen LogP contribution in [0.2, 0.25) is 0 Å². The lowest BCUT2D eigenvalue weighted by molar-refractivity contribution is -0.132. The molecule has 1 aromatic carbocycles. The standard InChI is InChI=1S/C20H21ClF6N4O3S/c1-20(13-10-28-12-29-11-13,19(33)30-14-6-8-34-9-7-14)31(18(32)17(21)22)15-2-4-16(5-3-15)35(23,24,25,26)27/h2-5,10-12,14,17H,6-9H2,1H3,(H,30,33)/t17-,20+/m0/s1. The van der Waals surface area contributed by atoms with Gasteiger partial charge in [-0.1, -0.05) is 31.0 Å². The molecule has 1 aromatic heterocycles. The fourth-order valence-corrected chi connectivity index (χ4v) is 4.38. The van der Waals surface area contributed by atoms with Crippen LogP contribution in [0.5, 0.6) is 0 Å². The molecule has 0 spiro atoms. The number of rotatable bonds is 7. The van der Waals surface area contributed by atoms with Crippen LogP contribution in [0.1, 0.15) is 25.3 Å². The van der Waals surface area contributed by atoms with Crippen molar-refractivity contribution in [1.82, 2.24) is 15.3 Å². The Balaban J connectivity index is 2.15. The molecule has 1 aliphatic rings. The molecule has 1 saturated heterocycles. The van der Waals surface area contributed by atoms with Crippen LogP contribution in [0.25, 0.3) is 0 Å². The van der Waals surface area contributed by atoms with Gasteiger partial charge in [-0.15, -0.1) is 0 Å². The summed E-state index contributed by atoms with van der Waals surface area (Å²) in [4.78, 5) is 32.3. The van der Waals surface area contributed by atoms with Crippen LogP contribution in [0.4, 0.5) is 29.5 Å². The molecule has 2 amide bonds. The van der Waals surface area contributed by atoms with Gasteiger partial charge in [-0.25, -0.2) is 14.4 Å². The third kappa shape index (κ3) is 5.98. The first-order chi connectivity index (χ1) is 16.0. The molecule has 194 valence electrons. The number of ether oxygens (including phenoxy) is 1. The van der Waals surface area contributed by atoms with E-state index in [1.54, 1.807) is 0 Å². The lowest BCUT2D eigenvalue weighted by atomic mass is 9.89. The molecule has 35 heavy (non-hydrogen) atoms. The second kappa shape index (κ2) is 8.82. The van der Waals surface area contributed by atoms with Gasteiger partial charge in [-0.2, -0.15) is 0 Å². The zero-order valence-corrected chi connectivity index (χ0v) is 19.7. The van der Waals surface area contributed by atoms with Crippen molar-refractivity contribution in [3.8, 4) is 0 Å². The van der Waals surface area contributed by atoms with E-state index in [0.717, 1.165) is 18.7 Å². The molecule has 2 heterocycles. The highest BCUT2D eigenvalue weighted by Gasteiger charge is 2.65. The third-order valence-corrected chi connectivity index (χ3v) is 6.87. The zero-order chi connectivity index (χ0) is 26.1. The Morgan fingerprint density at radius 1 is 1.11 bits per heavy atom. The molecule has 0 saturated carbocycles. The third-order valence-electron chi connectivity index (χ3n) is 5.52. The van der Waals surface area contributed by atoms with Crippen molar-refractivity contribution in [2.45, 2.75) is 41.9 Å². The Morgan fingerprint density at radius 3 is 2.14 bits per heavy atom. The molecule has 0 bridgehead atoms. The predicted octanol–water partition coefficient (Wildman–Crippen LogP) is 5.21. The number of hydrogen-bond acceptors (Lipinski definition) is 5. The normalized spacial score (nSPS) is 19.5. The van der Waals surface area contributed by atoms with Crippen LogP contribution in [0.3, 0.4) is 0 Å². The summed E-state index contributed by atoms with van der Waals surface area (Å²) in [6.45, 7) is 1.89. The van der Waals surface area contributed by atoms with Gasteiger partial charge < -0.3 is 10.1 Å². The van der Waals surface area contributed by atoms with E-state index in [-0.39, 0.29) is 23.7 Å². The predicted molar refractivity (Wildman–Crippen MR) is 117 cm³/mol. The van der Waals surface area contributed by atoms with Crippen LogP contribution < -0.4 is 10.2 Å². The number of aromatic nitrogens is 2. The number of benzene rings is 1. The quantitative estimate of drug-likeness (QED) is 0.381. The van der Waals surface area contributed by atoms with Crippen LogP contribution in [0, 0.1) is 0 Å². The Hall–Kier alpha value is -2.58. The summed E-state index contributed by atoms with van der Waals surface area (Å²) in [7, 11) is -10.0. The first-order valence-corrected chi connectivity index (χ1v) is 12.5. The number of alkyl halides is 2. The largest absolute Gasteiger partial charge is 0.381 e. The van der Waals surface area contributed by atoms with E-state index in [1.807, 2.05) is 0 Å². The molecule has 7 nitrogen and oxygen atoms in total. The SMILES string of the molecule is C[C@](C(=O)NC1CCOCC1)(c1cncnc1)N(C(=O)[C@H](F)Cl)c1ccc(S(F)(F)(F)(F)F)cc1. The summed E-state index contributed by atoms with van der Waals surface area (Å²) in [5.41, 5.74) is -5.37. The van der Waals surface area contributed by atoms with E-state index in [0.29, 0.717) is 43.1 Å². The van der Waals surface area contributed by atoms with Crippen molar-refractivity contribution < 1.29 is 38.1 Å². The molecule has 1 fully saturated rings. The Bertz CT molecular complexity index is 1090. The molecule has 2 atom stereocenters. The van der Waals surface area contributed by atoms with Gasteiger partial charge in [-0.3, -0.25) is 14.5 Å². The Kier molecular flexibility index (Phi) is 6.81. The molecular weight excluding hydrogens is 526 g/mol. The molecule has 2 aromatic rings. The second-order valence-corrected chi connectivity index (χ2v) is 10.8. The molecule has 0 radical (unpaired) electrons. The molecular formula is C20H21ClF6N4O3S. The van der Waals surface area contributed by atoms with Gasteiger partial charge in [0.05, 0.1) is 0 Å². The number of nitrogens with one attached hydrogen (secondary N) is 1. The Labute approximate surface area is 201 Å². The highest BCUT2D eigenvalue weighted by molar-refractivity contribution is 8.45. The van der Waals surface area contributed by atoms with E-state index < -0.39 is 43.8 Å².